The minimum absolute atomic E-state index is 0.0256. The number of nitrogens with one attached hydrogen (secondary N) is 1. The smallest absolute Gasteiger partial charge is 0.326 e. The topological polar surface area (TPSA) is 113 Å². The van der Waals surface area contributed by atoms with Gasteiger partial charge in [0.25, 0.3) is 0 Å². The molecule has 0 rings (SSSR count). The quantitative estimate of drug-likeness (QED) is 0.514. The second-order valence-corrected chi connectivity index (χ2v) is 5.22. The Morgan fingerprint density at radius 2 is 1.76 bits per heavy atom. The van der Waals surface area contributed by atoms with E-state index >= 15 is 0 Å². The van der Waals surface area contributed by atoms with Crippen molar-refractivity contribution in [3.63, 3.8) is 0 Å². The summed E-state index contributed by atoms with van der Waals surface area (Å²) in [7, 11) is 0. The molecule has 5 N–H and O–H groups in total. The number of carboxylic acid groups (broad SMARTS) is 1. The molecule has 0 spiro atoms. The Kier molecular flexibility index (Phi) is 5.10. The maximum Gasteiger partial charge on any atom is 0.326 e. The van der Waals surface area contributed by atoms with Gasteiger partial charge in [0.1, 0.15) is 6.04 Å². The van der Waals surface area contributed by atoms with Crippen LogP contribution in [0.2, 0.25) is 0 Å². The van der Waals surface area contributed by atoms with Gasteiger partial charge >= 0.3 is 5.97 Å². The standard InChI is InChI=1S/C11H22N2O4/c1-10(2,11(3,4)12)9(17)13-7(5-6-14)8(15)16/h7,14H,5-6,12H2,1-4H3,(H,13,17)(H,15,16). The predicted molar refractivity (Wildman–Crippen MR) is 63.3 cm³/mol. The first-order chi connectivity index (χ1) is 7.54. The third-order valence-corrected chi connectivity index (χ3v) is 3.20. The molecule has 0 aromatic carbocycles. The molecule has 0 saturated carbocycles. The maximum atomic E-state index is 12.0. The van der Waals surface area contributed by atoms with E-state index in [9.17, 15) is 9.59 Å². The number of nitrogens with two attached hydrogens (primary N) is 1. The number of carbonyl (C=O) groups is 2. The Bertz CT molecular complexity index is 294. The second kappa shape index (κ2) is 5.46. The molecule has 1 atom stereocenters. The first-order valence-corrected chi connectivity index (χ1v) is 5.47. The van der Waals surface area contributed by atoms with Crippen LogP contribution in [0.15, 0.2) is 0 Å². The lowest BCUT2D eigenvalue weighted by atomic mass is 9.74. The monoisotopic (exact) mass is 246 g/mol. The van der Waals surface area contributed by atoms with Crippen molar-refractivity contribution in [1.82, 2.24) is 5.32 Å². The lowest BCUT2D eigenvalue weighted by Gasteiger charge is -2.37. The molecule has 0 fully saturated rings. The minimum Gasteiger partial charge on any atom is -0.480 e. The summed E-state index contributed by atoms with van der Waals surface area (Å²) in [6, 6.07) is -1.09. The summed E-state index contributed by atoms with van der Waals surface area (Å²) in [5.74, 6) is -1.61. The van der Waals surface area contributed by atoms with Gasteiger partial charge in [-0.3, -0.25) is 4.79 Å². The van der Waals surface area contributed by atoms with Crippen LogP contribution in [0, 0.1) is 5.41 Å². The molecule has 0 aromatic rings. The van der Waals surface area contributed by atoms with Crippen LogP contribution in [0.1, 0.15) is 34.1 Å². The highest BCUT2D eigenvalue weighted by molar-refractivity contribution is 5.87. The summed E-state index contributed by atoms with van der Waals surface area (Å²) < 4.78 is 0. The van der Waals surface area contributed by atoms with Crippen LogP contribution in [0.5, 0.6) is 0 Å². The van der Waals surface area contributed by atoms with Gasteiger partial charge in [-0.25, -0.2) is 4.79 Å². The average Bonchev–Trinajstić information content (AvgIpc) is 2.14. The minimum atomic E-state index is -1.17. The lowest BCUT2D eigenvalue weighted by molar-refractivity contribution is -0.144. The van der Waals surface area contributed by atoms with Gasteiger partial charge in [-0.15, -0.1) is 0 Å². The van der Waals surface area contributed by atoms with Gasteiger partial charge < -0.3 is 21.3 Å². The number of carboxylic acids is 1. The lowest BCUT2D eigenvalue weighted by Crippen LogP contribution is -2.58. The Morgan fingerprint density at radius 1 is 1.29 bits per heavy atom. The number of amides is 1. The largest absolute Gasteiger partial charge is 0.480 e. The molecule has 100 valence electrons. The fourth-order valence-electron chi connectivity index (χ4n) is 1.02. The average molecular weight is 246 g/mol. The van der Waals surface area contributed by atoms with Crippen molar-refractivity contribution in [3.8, 4) is 0 Å². The summed E-state index contributed by atoms with van der Waals surface area (Å²) >= 11 is 0. The van der Waals surface area contributed by atoms with Gasteiger partial charge in [-0.1, -0.05) is 0 Å². The Labute approximate surface area is 101 Å². The summed E-state index contributed by atoms with van der Waals surface area (Å²) in [5, 5.41) is 20.0. The predicted octanol–water partition coefficient (Wildman–Crippen LogP) is -0.298. The molecule has 1 unspecified atom stereocenters. The first kappa shape index (κ1) is 15.9. The van der Waals surface area contributed by atoms with E-state index in [0.29, 0.717) is 0 Å². The molecule has 0 aliphatic rings. The molecule has 1 amide bonds. The number of hydrogen-bond donors (Lipinski definition) is 4. The second-order valence-electron chi connectivity index (χ2n) is 5.22. The van der Waals surface area contributed by atoms with E-state index in [1.807, 2.05) is 0 Å². The van der Waals surface area contributed by atoms with Crippen molar-refractivity contribution >= 4 is 11.9 Å². The molecular formula is C11H22N2O4. The summed E-state index contributed by atoms with van der Waals surface area (Å²) in [6.07, 6.45) is -0.0256. The number of aliphatic hydroxyl groups excluding tert-OH is 1. The summed E-state index contributed by atoms with van der Waals surface area (Å²) in [6.45, 7) is 6.41. The van der Waals surface area contributed by atoms with E-state index in [0.717, 1.165) is 0 Å². The van der Waals surface area contributed by atoms with Gasteiger partial charge in [0.15, 0.2) is 0 Å². The number of aliphatic hydroxyl groups is 1. The summed E-state index contributed by atoms with van der Waals surface area (Å²) in [4.78, 5) is 22.8. The van der Waals surface area contributed by atoms with Gasteiger partial charge in [-0.2, -0.15) is 0 Å². The summed E-state index contributed by atoms with van der Waals surface area (Å²) in [5.41, 5.74) is 4.20. The van der Waals surface area contributed by atoms with E-state index in [4.69, 9.17) is 15.9 Å². The highest BCUT2D eigenvalue weighted by Crippen LogP contribution is 2.28. The van der Waals surface area contributed by atoms with Crippen LogP contribution < -0.4 is 11.1 Å². The van der Waals surface area contributed by atoms with Crippen LogP contribution in [-0.4, -0.2) is 40.3 Å². The normalized spacial score (nSPS) is 14.2. The van der Waals surface area contributed by atoms with Gasteiger partial charge in [-0.05, 0) is 27.7 Å². The Balaban J connectivity index is 4.78. The van der Waals surface area contributed by atoms with Crippen molar-refractivity contribution in [2.45, 2.75) is 45.7 Å². The molecular weight excluding hydrogens is 224 g/mol. The highest BCUT2D eigenvalue weighted by Gasteiger charge is 2.41. The van der Waals surface area contributed by atoms with Gasteiger partial charge in [0, 0.05) is 18.6 Å². The van der Waals surface area contributed by atoms with Crippen molar-refractivity contribution < 1.29 is 19.8 Å². The Morgan fingerprint density at radius 3 is 2.06 bits per heavy atom. The highest BCUT2D eigenvalue weighted by atomic mass is 16.4. The fourth-order valence-corrected chi connectivity index (χ4v) is 1.02. The van der Waals surface area contributed by atoms with Gasteiger partial charge in [0.05, 0.1) is 5.41 Å². The van der Waals surface area contributed by atoms with Crippen molar-refractivity contribution in [1.29, 1.82) is 0 Å². The number of carbonyl (C=O) groups excluding carboxylic acids is 1. The first-order valence-electron chi connectivity index (χ1n) is 5.47. The zero-order valence-corrected chi connectivity index (χ0v) is 10.8. The van der Waals surface area contributed by atoms with Crippen LogP contribution in [-0.2, 0) is 9.59 Å². The van der Waals surface area contributed by atoms with E-state index < -0.39 is 28.9 Å². The van der Waals surface area contributed by atoms with Crippen molar-refractivity contribution in [2.75, 3.05) is 6.61 Å². The maximum absolute atomic E-state index is 12.0. The molecule has 0 heterocycles. The fraction of sp³-hybridized carbons (Fsp3) is 0.818. The molecule has 0 radical (unpaired) electrons. The van der Waals surface area contributed by atoms with Crippen LogP contribution >= 0.6 is 0 Å². The van der Waals surface area contributed by atoms with Crippen molar-refractivity contribution in [3.05, 3.63) is 0 Å². The van der Waals surface area contributed by atoms with E-state index in [1.54, 1.807) is 27.7 Å². The van der Waals surface area contributed by atoms with Crippen LogP contribution in [0.3, 0.4) is 0 Å². The molecule has 0 aliphatic heterocycles. The zero-order chi connectivity index (χ0) is 13.9. The van der Waals surface area contributed by atoms with Crippen molar-refractivity contribution in [2.24, 2.45) is 11.1 Å². The molecule has 17 heavy (non-hydrogen) atoms. The SMILES string of the molecule is CC(C)(N)C(C)(C)C(=O)NC(CCO)C(=O)O. The number of rotatable bonds is 6. The van der Waals surface area contributed by atoms with E-state index in [1.165, 1.54) is 0 Å². The third-order valence-electron chi connectivity index (χ3n) is 3.20. The molecule has 6 nitrogen and oxygen atoms in total. The number of hydrogen-bond acceptors (Lipinski definition) is 4. The van der Waals surface area contributed by atoms with E-state index in [2.05, 4.69) is 5.32 Å². The molecule has 0 aromatic heterocycles. The molecule has 0 aliphatic carbocycles. The van der Waals surface area contributed by atoms with E-state index in [-0.39, 0.29) is 13.0 Å². The van der Waals surface area contributed by atoms with Crippen LogP contribution in [0.25, 0.3) is 0 Å². The molecule has 0 bridgehead atoms. The number of aliphatic carboxylic acids is 1. The molecule has 0 saturated heterocycles. The third kappa shape index (κ3) is 3.98. The van der Waals surface area contributed by atoms with Gasteiger partial charge in [0.2, 0.25) is 5.91 Å². The molecule has 6 heteroatoms. The van der Waals surface area contributed by atoms with Crippen LogP contribution in [0.4, 0.5) is 0 Å². The zero-order valence-electron chi connectivity index (χ0n) is 10.8. The Hall–Kier alpha value is -1.14.